The van der Waals surface area contributed by atoms with Gasteiger partial charge in [0, 0.05) is 18.4 Å². The topological polar surface area (TPSA) is 37.4 Å². The molecule has 1 aromatic carbocycles. The molecule has 0 spiro atoms. The molecule has 1 saturated heterocycles. The Labute approximate surface area is 117 Å². The van der Waals surface area contributed by atoms with E-state index in [-0.39, 0.29) is 0 Å². The summed E-state index contributed by atoms with van der Waals surface area (Å²) in [7, 11) is -3.32. The predicted molar refractivity (Wildman–Crippen MR) is 76.6 cm³/mol. The van der Waals surface area contributed by atoms with Gasteiger partial charge in [-0.1, -0.05) is 28.1 Å². The maximum atomic E-state index is 12.6. The summed E-state index contributed by atoms with van der Waals surface area (Å²) in [4.78, 5) is 0.456. The molecule has 3 nitrogen and oxygen atoms in total. The van der Waals surface area contributed by atoms with E-state index in [1.165, 1.54) is 0 Å². The van der Waals surface area contributed by atoms with E-state index in [0.29, 0.717) is 23.9 Å². The first-order chi connectivity index (χ1) is 8.45. The van der Waals surface area contributed by atoms with Crippen molar-refractivity contribution in [2.75, 3.05) is 18.4 Å². The maximum absolute atomic E-state index is 12.6. The molecular weight excluding hydrogens is 314 g/mol. The summed E-state index contributed by atoms with van der Waals surface area (Å²) in [5, 5.41) is 0.867. The Morgan fingerprint density at radius 1 is 1.39 bits per heavy atom. The van der Waals surface area contributed by atoms with Gasteiger partial charge in [-0.05, 0) is 43.4 Å². The lowest BCUT2D eigenvalue weighted by atomic mass is 10.2. The summed E-state index contributed by atoms with van der Waals surface area (Å²) < 4.78 is 26.8. The van der Waals surface area contributed by atoms with Crippen LogP contribution in [0.4, 0.5) is 0 Å². The lowest BCUT2D eigenvalue weighted by Gasteiger charge is -2.18. The lowest BCUT2D eigenvalue weighted by molar-refractivity contribution is 0.465. The quantitative estimate of drug-likeness (QED) is 0.798. The summed E-state index contributed by atoms with van der Waals surface area (Å²) in [5.74, 6) is 0.435. The molecule has 0 saturated carbocycles. The number of aryl methyl sites for hydroxylation is 2. The Morgan fingerprint density at radius 2 is 2.11 bits per heavy atom. The highest BCUT2D eigenvalue weighted by atomic mass is 79.9. The number of nitrogens with zero attached hydrogens (tertiary/aromatic N) is 1. The lowest BCUT2D eigenvalue weighted by Crippen LogP contribution is -2.29. The van der Waals surface area contributed by atoms with Crippen LogP contribution in [-0.4, -0.2) is 31.1 Å². The Balaban J connectivity index is 2.34. The van der Waals surface area contributed by atoms with Crippen molar-refractivity contribution in [3.05, 3.63) is 29.3 Å². The number of hydrogen-bond acceptors (Lipinski definition) is 2. The zero-order chi connectivity index (χ0) is 13.3. The molecule has 1 aliphatic heterocycles. The first kappa shape index (κ1) is 14.0. The van der Waals surface area contributed by atoms with Gasteiger partial charge in [0.25, 0.3) is 0 Å². The van der Waals surface area contributed by atoms with Crippen molar-refractivity contribution < 1.29 is 8.42 Å². The second kappa shape index (κ2) is 5.31. The van der Waals surface area contributed by atoms with Crippen LogP contribution in [-0.2, 0) is 10.0 Å². The minimum atomic E-state index is -3.32. The maximum Gasteiger partial charge on any atom is 0.243 e. The fourth-order valence-corrected chi connectivity index (χ4v) is 4.63. The van der Waals surface area contributed by atoms with Crippen LogP contribution >= 0.6 is 15.9 Å². The van der Waals surface area contributed by atoms with Gasteiger partial charge in [-0.25, -0.2) is 8.42 Å². The molecule has 5 heteroatoms. The Kier molecular flexibility index (Phi) is 4.14. The molecule has 0 bridgehead atoms. The van der Waals surface area contributed by atoms with Crippen molar-refractivity contribution in [1.82, 2.24) is 4.31 Å². The van der Waals surface area contributed by atoms with Crippen LogP contribution in [0.25, 0.3) is 0 Å². The number of benzene rings is 1. The van der Waals surface area contributed by atoms with Gasteiger partial charge in [0.05, 0.1) is 4.90 Å². The van der Waals surface area contributed by atoms with E-state index in [1.54, 1.807) is 10.4 Å². The first-order valence-electron chi connectivity index (χ1n) is 6.08. The van der Waals surface area contributed by atoms with Crippen molar-refractivity contribution in [3.63, 3.8) is 0 Å². The summed E-state index contributed by atoms with van der Waals surface area (Å²) in [6.45, 7) is 5.03. The number of rotatable bonds is 3. The van der Waals surface area contributed by atoms with Gasteiger partial charge in [0.15, 0.2) is 0 Å². The minimum absolute atomic E-state index is 0.435. The Morgan fingerprint density at radius 3 is 2.72 bits per heavy atom. The second-order valence-electron chi connectivity index (χ2n) is 4.94. The molecule has 0 amide bonds. The highest BCUT2D eigenvalue weighted by Crippen LogP contribution is 2.27. The molecule has 1 unspecified atom stereocenters. The normalized spacial score (nSPS) is 21.4. The van der Waals surface area contributed by atoms with E-state index in [0.717, 1.165) is 22.9 Å². The van der Waals surface area contributed by atoms with E-state index < -0.39 is 10.0 Å². The molecule has 2 rings (SSSR count). The molecule has 0 radical (unpaired) electrons. The minimum Gasteiger partial charge on any atom is -0.207 e. The third-order valence-corrected chi connectivity index (χ3v) is 6.35. The van der Waals surface area contributed by atoms with Crippen LogP contribution in [0.1, 0.15) is 17.5 Å². The van der Waals surface area contributed by atoms with Gasteiger partial charge in [-0.15, -0.1) is 0 Å². The molecule has 100 valence electrons. The van der Waals surface area contributed by atoms with Crippen LogP contribution < -0.4 is 0 Å². The smallest absolute Gasteiger partial charge is 0.207 e. The molecule has 1 fully saturated rings. The predicted octanol–water partition coefficient (Wildman–Crippen LogP) is 2.71. The fourth-order valence-electron chi connectivity index (χ4n) is 2.27. The van der Waals surface area contributed by atoms with Crippen LogP contribution in [0.5, 0.6) is 0 Å². The summed E-state index contributed by atoms with van der Waals surface area (Å²) >= 11 is 3.43. The van der Waals surface area contributed by atoms with Crippen molar-refractivity contribution in [2.45, 2.75) is 25.2 Å². The largest absolute Gasteiger partial charge is 0.243 e. The third kappa shape index (κ3) is 2.63. The standard InChI is InChI=1S/C13H18BrNO2S/c1-10-3-4-11(2)13(7-10)18(16,17)15-6-5-12(8-14)9-15/h3-4,7,12H,5-6,8-9H2,1-2H3. The van der Waals surface area contributed by atoms with E-state index in [2.05, 4.69) is 15.9 Å². The Bertz CT molecular complexity index is 542. The number of sulfonamides is 1. The van der Waals surface area contributed by atoms with Crippen LogP contribution in [0.15, 0.2) is 23.1 Å². The first-order valence-corrected chi connectivity index (χ1v) is 8.64. The van der Waals surface area contributed by atoms with Gasteiger partial charge >= 0.3 is 0 Å². The molecule has 0 aliphatic carbocycles. The SMILES string of the molecule is Cc1ccc(C)c(S(=O)(=O)N2CCC(CBr)C2)c1. The number of hydrogen-bond donors (Lipinski definition) is 0. The molecule has 0 N–H and O–H groups in total. The van der Waals surface area contributed by atoms with Gasteiger partial charge in [0.1, 0.15) is 0 Å². The molecule has 1 aliphatic rings. The molecular formula is C13H18BrNO2S. The monoisotopic (exact) mass is 331 g/mol. The second-order valence-corrected chi connectivity index (χ2v) is 7.49. The molecule has 18 heavy (non-hydrogen) atoms. The van der Waals surface area contributed by atoms with Gasteiger partial charge in [0.2, 0.25) is 10.0 Å². The third-order valence-electron chi connectivity index (χ3n) is 3.43. The van der Waals surface area contributed by atoms with Crippen molar-refractivity contribution in [3.8, 4) is 0 Å². The average Bonchev–Trinajstić information content (AvgIpc) is 2.81. The summed E-state index contributed by atoms with van der Waals surface area (Å²) in [6, 6.07) is 5.59. The van der Waals surface area contributed by atoms with E-state index in [1.807, 2.05) is 26.0 Å². The fraction of sp³-hybridized carbons (Fsp3) is 0.538. The average molecular weight is 332 g/mol. The van der Waals surface area contributed by atoms with Gasteiger partial charge in [-0.3, -0.25) is 0 Å². The highest BCUT2D eigenvalue weighted by Gasteiger charge is 2.32. The molecule has 1 heterocycles. The zero-order valence-corrected chi connectivity index (χ0v) is 13.1. The van der Waals surface area contributed by atoms with Gasteiger partial charge in [-0.2, -0.15) is 4.31 Å². The van der Waals surface area contributed by atoms with Crippen LogP contribution in [0, 0.1) is 19.8 Å². The Hall–Kier alpha value is -0.390. The molecule has 0 aromatic heterocycles. The zero-order valence-electron chi connectivity index (χ0n) is 10.7. The number of alkyl halides is 1. The van der Waals surface area contributed by atoms with Crippen LogP contribution in [0.2, 0.25) is 0 Å². The summed E-state index contributed by atoms with van der Waals surface area (Å²) in [5.41, 5.74) is 1.80. The summed E-state index contributed by atoms with van der Waals surface area (Å²) in [6.07, 6.45) is 0.940. The molecule has 1 atom stereocenters. The highest BCUT2D eigenvalue weighted by molar-refractivity contribution is 9.09. The van der Waals surface area contributed by atoms with Crippen molar-refractivity contribution >= 4 is 26.0 Å². The molecule has 1 aromatic rings. The van der Waals surface area contributed by atoms with Crippen LogP contribution in [0.3, 0.4) is 0 Å². The van der Waals surface area contributed by atoms with Crippen molar-refractivity contribution in [1.29, 1.82) is 0 Å². The van der Waals surface area contributed by atoms with Gasteiger partial charge < -0.3 is 0 Å². The van der Waals surface area contributed by atoms with E-state index in [4.69, 9.17) is 0 Å². The van der Waals surface area contributed by atoms with Crippen molar-refractivity contribution in [2.24, 2.45) is 5.92 Å². The van der Waals surface area contributed by atoms with E-state index >= 15 is 0 Å². The van der Waals surface area contributed by atoms with E-state index in [9.17, 15) is 8.42 Å². The number of halogens is 1.